The van der Waals surface area contributed by atoms with Gasteiger partial charge in [-0.1, -0.05) is 5.16 Å². The van der Waals surface area contributed by atoms with Gasteiger partial charge in [0, 0.05) is 13.0 Å². The summed E-state index contributed by atoms with van der Waals surface area (Å²) < 4.78 is 4.98. The minimum atomic E-state index is -0.410. The molecule has 0 fully saturated rings. The number of likely N-dealkylation sites (N-methyl/N-ethyl adjacent to an activating group) is 1. The van der Waals surface area contributed by atoms with Gasteiger partial charge in [0.05, 0.1) is 13.1 Å². The van der Waals surface area contributed by atoms with E-state index in [9.17, 15) is 4.79 Å². The average Bonchev–Trinajstić information content (AvgIpc) is 2.62. The van der Waals surface area contributed by atoms with Crippen molar-refractivity contribution in [3.05, 3.63) is 11.7 Å². The number of rotatable bonds is 7. The fraction of sp³-hybridized carbons (Fsp3) is 0.667. The molecule has 3 N–H and O–H groups in total. The molecule has 1 rings (SSSR count). The molecule has 0 aromatic carbocycles. The summed E-state index contributed by atoms with van der Waals surface area (Å²) in [6, 6.07) is 0. The maximum atomic E-state index is 10.5. The Bertz CT molecular complexity index is 336. The standard InChI is InChI=1S/C9H17N5O2/c1-14(2)4-3-8-12-9(16-13-8)6-11-5-7(10)15/h11H,3-6H2,1-2H3,(H2,10,15). The third-order valence-electron chi connectivity index (χ3n) is 1.87. The van der Waals surface area contributed by atoms with E-state index in [4.69, 9.17) is 10.3 Å². The molecule has 0 aliphatic heterocycles. The molecule has 0 aliphatic rings. The molecule has 7 heteroatoms. The van der Waals surface area contributed by atoms with E-state index in [-0.39, 0.29) is 6.54 Å². The van der Waals surface area contributed by atoms with Crippen molar-refractivity contribution >= 4 is 5.91 Å². The number of nitrogens with zero attached hydrogens (tertiary/aromatic N) is 3. The van der Waals surface area contributed by atoms with Gasteiger partial charge in [0.15, 0.2) is 5.82 Å². The normalized spacial score (nSPS) is 10.9. The SMILES string of the molecule is CN(C)CCc1noc(CNCC(N)=O)n1. The van der Waals surface area contributed by atoms with Crippen molar-refractivity contribution in [3.63, 3.8) is 0 Å². The molecular formula is C9H17N5O2. The number of carbonyl (C=O) groups excluding carboxylic acids is 1. The summed E-state index contributed by atoms with van der Waals surface area (Å²) in [5.74, 6) is 0.729. The minimum absolute atomic E-state index is 0.107. The quantitative estimate of drug-likeness (QED) is 0.604. The summed E-state index contributed by atoms with van der Waals surface area (Å²) in [7, 11) is 3.96. The van der Waals surface area contributed by atoms with Crippen molar-refractivity contribution < 1.29 is 9.32 Å². The largest absolute Gasteiger partial charge is 0.369 e. The topological polar surface area (TPSA) is 97.3 Å². The van der Waals surface area contributed by atoms with Crippen molar-refractivity contribution in [2.24, 2.45) is 5.73 Å². The van der Waals surface area contributed by atoms with Crippen LogP contribution in [0.1, 0.15) is 11.7 Å². The van der Waals surface area contributed by atoms with Gasteiger partial charge in [0.1, 0.15) is 0 Å². The highest BCUT2D eigenvalue weighted by atomic mass is 16.5. The van der Waals surface area contributed by atoms with E-state index >= 15 is 0 Å². The minimum Gasteiger partial charge on any atom is -0.369 e. The van der Waals surface area contributed by atoms with Crippen molar-refractivity contribution in [1.82, 2.24) is 20.4 Å². The summed E-state index contributed by atoms with van der Waals surface area (Å²) in [6.07, 6.45) is 0.742. The smallest absolute Gasteiger partial charge is 0.240 e. The van der Waals surface area contributed by atoms with Crippen molar-refractivity contribution in [2.75, 3.05) is 27.2 Å². The molecule has 0 saturated carbocycles. The third kappa shape index (κ3) is 4.85. The second-order valence-electron chi connectivity index (χ2n) is 3.73. The van der Waals surface area contributed by atoms with Crippen molar-refractivity contribution in [3.8, 4) is 0 Å². The zero-order valence-corrected chi connectivity index (χ0v) is 9.56. The molecule has 16 heavy (non-hydrogen) atoms. The molecule has 0 aliphatic carbocycles. The van der Waals surface area contributed by atoms with E-state index in [1.807, 2.05) is 19.0 Å². The molecule has 0 saturated heterocycles. The van der Waals surface area contributed by atoms with Crippen LogP contribution in [0.3, 0.4) is 0 Å². The Labute approximate surface area is 94.0 Å². The van der Waals surface area contributed by atoms with Gasteiger partial charge in [-0.2, -0.15) is 4.98 Å². The lowest BCUT2D eigenvalue weighted by atomic mass is 10.4. The number of hydrogen-bond acceptors (Lipinski definition) is 6. The zero-order chi connectivity index (χ0) is 12.0. The second-order valence-corrected chi connectivity index (χ2v) is 3.73. The first kappa shape index (κ1) is 12.6. The summed E-state index contributed by atoms with van der Waals surface area (Å²) >= 11 is 0. The molecule has 7 nitrogen and oxygen atoms in total. The lowest BCUT2D eigenvalue weighted by Gasteiger charge is -2.05. The fourth-order valence-corrected chi connectivity index (χ4v) is 1.08. The van der Waals surface area contributed by atoms with Crippen LogP contribution in [0.4, 0.5) is 0 Å². The molecule has 90 valence electrons. The lowest BCUT2D eigenvalue weighted by molar-refractivity contribution is -0.117. The van der Waals surface area contributed by atoms with E-state index < -0.39 is 5.91 Å². The summed E-state index contributed by atoms with van der Waals surface area (Å²) in [5.41, 5.74) is 4.97. The van der Waals surface area contributed by atoms with Crippen LogP contribution < -0.4 is 11.1 Å². The molecule has 0 spiro atoms. The van der Waals surface area contributed by atoms with Crippen LogP contribution >= 0.6 is 0 Å². The monoisotopic (exact) mass is 227 g/mol. The number of aromatic nitrogens is 2. The van der Waals surface area contributed by atoms with Gasteiger partial charge in [-0.3, -0.25) is 10.1 Å². The fourth-order valence-electron chi connectivity index (χ4n) is 1.08. The molecule has 0 bridgehead atoms. The van der Waals surface area contributed by atoms with Gasteiger partial charge < -0.3 is 15.2 Å². The van der Waals surface area contributed by atoms with Gasteiger partial charge >= 0.3 is 0 Å². The van der Waals surface area contributed by atoms with Crippen LogP contribution in [0.25, 0.3) is 0 Å². The predicted octanol–water partition coefficient (Wildman–Crippen LogP) is -1.25. The lowest BCUT2D eigenvalue weighted by Crippen LogP contribution is -2.28. The van der Waals surface area contributed by atoms with Crippen molar-refractivity contribution in [2.45, 2.75) is 13.0 Å². The Balaban J connectivity index is 2.30. The molecular weight excluding hydrogens is 210 g/mol. The summed E-state index contributed by atoms with van der Waals surface area (Å²) in [6.45, 7) is 1.33. The summed E-state index contributed by atoms with van der Waals surface area (Å²) in [4.78, 5) is 16.7. The number of nitrogens with one attached hydrogen (secondary N) is 1. The molecule has 1 aromatic rings. The molecule has 0 radical (unpaired) electrons. The highest BCUT2D eigenvalue weighted by molar-refractivity contribution is 5.75. The second kappa shape index (κ2) is 6.19. The number of carbonyl (C=O) groups is 1. The first-order valence-corrected chi connectivity index (χ1v) is 5.03. The zero-order valence-electron chi connectivity index (χ0n) is 9.56. The summed E-state index contributed by atoms with van der Waals surface area (Å²) in [5, 5.41) is 6.62. The highest BCUT2D eigenvalue weighted by Crippen LogP contribution is 1.98. The molecule has 1 aromatic heterocycles. The first-order chi connectivity index (χ1) is 7.58. The number of primary amides is 1. The van der Waals surface area contributed by atoms with Crippen LogP contribution in [0, 0.1) is 0 Å². The Morgan fingerprint density at radius 1 is 1.56 bits per heavy atom. The average molecular weight is 227 g/mol. The molecule has 1 heterocycles. The van der Waals surface area contributed by atoms with E-state index in [1.165, 1.54) is 0 Å². The molecule has 0 atom stereocenters. The Morgan fingerprint density at radius 2 is 2.31 bits per heavy atom. The van der Waals surface area contributed by atoms with Gasteiger partial charge in [0.2, 0.25) is 11.8 Å². The molecule has 0 unspecified atom stereocenters. The van der Waals surface area contributed by atoms with Gasteiger partial charge in [0.25, 0.3) is 0 Å². The van der Waals surface area contributed by atoms with Crippen LogP contribution in [0.15, 0.2) is 4.52 Å². The number of hydrogen-bond donors (Lipinski definition) is 2. The van der Waals surface area contributed by atoms with Crippen LogP contribution in [0.2, 0.25) is 0 Å². The van der Waals surface area contributed by atoms with Crippen LogP contribution in [0.5, 0.6) is 0 Å². The van der Waals surface area contributed by atoms with Gasteiger partial charge in [-0.05, 0) is 14.1 Å². The van der Waals surface area contributed by atoms with E-state index in [0.717, 1.165) is 13.0 Å². The van der Waals surface area contributed by atoms with E-state index in [0.29, 0.717) is 18.3 Å². The predicted molar refractivity (Wildman–Crippen MR) is 57.5 cm³/mol. The Kier molecular flexibility index (Phi) is 4.87. The van der Waals surface area contributed by atoms with Crippen molar-refractivity contribution in [1.29, 1.82) is 0 Å². The maximum Gasteiger partial charge on any atom is 0.240 e. The first-order valence-electron chi connectivity index (χ1n) is 5.03. The van der Waals surface area contributed by atoms with Gasteiger partial charge in [-0.15, -0.1) is 0 Å². The van der Waals surface area contributed by atoms with E-state index in [1.54, 1.807) is 0 Å². The Morgan fingerprint density at radius 3 is 2.94 bits per heavy atom. The number of nitrogens with two attached hydrogens (primary N) is 1. The van der Waals surface area contributed by atoms with Crippen LogP contribution in [-0.2, 0) is 17.8 Å². The molecule has 1 amide bonds. The highest BCUT2D eigenvalue weighted by Gasteiger charge is 2.06. The van der Waals surface area contributed by atoms with E-state index in [2.05, 4.69) is 15.5 Å². The van der Waals surface area contributed by atoms with Crippen LogP contribution in [-0.4, -0.2) is 48.1 Å². The third-order valence-corrected chi connectivity index (χ3v) is 1.87. The number of amides is 1. The Hall–Kier alpha value is -1.47. The maximum absolute atomic E-state index is 10.5. The van der Waals surface area contributed by atoms with Gasteiger partial charge in [-0.25, -0.2) is 0 Å².